The molecule has 0 amide bonds. The third kappa shape index (κ3) is 6.26. The van der Waals surface area contributed by atoms with Crippen molar-refractivity contribution in [3.05, 3.63) is 90.0 Å². The molecule has 2 unspecified atom stereocenters. The van der Waals surface area contributed by atoms with Gasteiger partial charge in [0, 0.05) is 0 Å². The number of alkyl halides is 3. The van der Waals surface area contributed by atoms with E-state index < -0.39 is 29.8 Å². The fourth-order valence-electron chi connectivity index (χ4n) is 3.29. The van der Waals surface area contributed by atoms with E-state index in [1.54, 1.807) is 6.07 Å². The van der Waals surface area contributed by atoms with E-state index >= 15 is 0 Å². The molecule has 3 aromatic rings. The van der Waals surface area contributed by atoms with Crippen molar-refractivity contribution in [1.82, 2.24) is 0 Å². The lowest BCUT2D eigenvalue weighted by molar-refractivity contribution is -0.216. The van der Waals surface area contributed by atoms with E-state index in [2.05, 4.69) is 0 Å². The number of methoxy groups -OCH3 is 1. The lowest BCUT2D eigenvalue weighted by atomic mass is 9.92. The summed E-state index contributed by atoms with van der Waals surface area (Å²) in [6.07, 6.45) is -7.35. The number of hydrogen-bond donors (Lipinski definition) is 1. The highest BCUT2D eigenvalue weighted by Gasteiger charge is 2.52. The van der Waals surface area contributed by atoms with Crippen LogP contribution in [0.15, 0.2) is 78.9 Å². The summed E-state index contributed by atoms with van der Waals surface area (Å²) in [4.78, 5) is 24.1. The van der Waals surface area contributed by atoms with Gasteiger partial charge in [0.25, 0.3) is 0 Å². The van der Waals surface area contributed by atoms with E-state index in [0.717, 1.165) is 12.5 Å². The number of carbonyl (C=O) groups is 2. The van der Waals surface area contributed by atoms with Gasteiger partial charge in [-0.1, -0.05) is 54.6 Å². The Morgan fingerprint density at radius 3 is 2.03 bits per heavy atom. The molecule has 0 saturated carbocycles. The van der Waals surface area contributed by atoms with E-state index in [9.17, 15) is 27.9 Å². The van der Waals surface area contributed by atoms with Crippen LogP contribution < -0.4 is 14.2 Å². The van der Waals surface area contributed by atoms with Gasteiger partial charge in [0.2, 0.25) is 5.60 Å². The van der Waals surface area contributed by atoms with Gasteiger partial charge in [-0.25, -0.2) is 9.59 Å². The zero-order valence-electron chi connectivity index (χ0n) is 19.3. The van der Waals surface area contributed by atoms with Crippen molar-refractivity contribution in [3.8, 4) is 17.2 Å². The molecule has 0 spiro atoms. The largest absolute Gasteiger partial charge is 0.493 e. The monoisotopic (exact) mass is 504 g/mol. The van der Waals surface area contributed by atoms with Gasteiger partial charge in [-0.3, -0.25) is 0 Å². The fourth-order valence-corrected chi connectivity index (χ4v) is 3.29. The first-order chi connectivity index (χ1) is 17.0. The van der Waals surface area contributed by atoms with Crippen molar-refractivity contribution in [1.29, 1.82) is 0 Å². The van der Waals surface area contributed by atoms with E-state index in [1.807, 2.05) is 30.3 Å². The molecule has 3 rings (SSSR count). The van der Waals surface area contributed by atoms with Crippen molar-refractivity contribution in [2.75, 3.05) is 7.11 Å². The van der Waals surface area contributed by atoms with Crippen LogP contribution in [0.4, 0.5) is 13.2 Å². The van der Waals surface area contributed by atoms with Gasteiger partial charge in [-0.2, -0.15) is 13.2 Å². The van der Waals surface area contributed by atoms with Crippen LogP contribution in [0.25, 0.3) is 0 Å². The van der Waals surface area contributed by atoms with Crippen LogP contribution in [0.5, 0.6) is 17.2 Å². The summed E-state index contributed by atoms with van der Waals surface area (Å²) in [6.45, 7) is 1.24. The lowest BCUT2D eigenvalue weighted by Crippen LogP contribution is -2.49. The number of carboxylic acids is 1. The Morgan fingerprint density at radius 1 is 0.889 bits per heavy atom. The number of aliphatic carboxylic acids is 1. The quantitative estimate of drug-likeness (QED) is 0.373. The minimum Gasteiger partial charge on any atom is -0.493 e. The number of ether oxygens (including phenoxy) is 4. The molecular formula is C26H23F3O7. The van der Waals surface area contributed by atoms with Crippen LogP contribution in [0, 0.1) is 0 Å². The van der Waals surface area contributed by atoms with Gasteiger partial charge in [0.1, 0.15) is 12.4 Å². The summed E-state index contributed by atoms with van der Waals surface area (Å²) < 4.78 is 60.4. The maximum absolute atomic E-state index is 13.1. The Morgan fingerprint density at radius 2 is 1.47 bits per heavy atom. The normalized spacial score (nSPS) is 13.7. The van der Waals surface area contributed by atoms with Crippen LogP contribution >= 0.6 is 0 Å². The molecule has 7 nitrogen and oxygen atoms in total. The molecule has 1 N–H and O–H groups in total. The summed E-state index contributed by atoms with van der Waals surface area (Å²) in [5.41, 5.74) is -1.64. The van der Waals surface area contributed by atoms with Gasteiger partial charge in [-0.15, -0.1) is 0 Å². The molecular weight excluding hydrogens is 481 g/mol. The minimum absolute atomic E-state index is 0.0561. The summed E-state index contributed by atoms with van der Waals surface area (Å²) >= 11 is 0. The van der Waals surface area contributed by atoms with Crippen LogP contribution in [0.3, 0.4) is 0 Å². The molecule has 0 aliphatic rings. The average Bonchev–Trinajstić information content (AvgIpc) is 2.86. The second-order valence-corrected chi connectivity index (χ2v) is 7.79. The third-order valence-electron chi connectivity index (χ3n) is 5.20. The Bertz CT molecular complexity index is 1180. The highest BCUT2D eigenvalue weighted by molar-refractivity contribution is 5.81. The van der Waals surface area contributed by atoms with Crippen molar-refractivity contribution in [3.63, 3.8) is 0 Å². The van der Waals surface area contributed by atoms with Crippen molar-refractivity contribution < 1.29 is 46.8 Å². The molecule has 10 heteroatoms. The first kappa shape index (κ1) is 26.4. The van der Waals surface area contributed by atoms with Crippen LogP contribution in [0.2, 0.25) is 0 Å². The Labute approximate surface area is 205 Å². The average molecular weight is 504 g/mol. The van der Waals surface area contributed by atoms with Gasteiger partial charge in [0.05, 0.1) is 7.11 Å². The molecule has 3 aromatic carbocycles. The standard InChI is InChI=1S/C26H23F3O7/c1-25(23(30)31,36-21-11-7-6-10-20(21)33-2)22(35-24(32)26(27,28)29)18-12-14-19(15-13-18)34-16-17-8-4-3-5-9-17/h3-15,22H,16H2,1-2H3,(H,30,31). The first-order valence-electron chi connectivity index (χ1n) is 10.6. The summed E-state index contributed by atoms with van der Waals surface area (Å²) in [7, 11) is 1.32. The number of esters is 1. The SMILES string of the molecule is COc1ccccc1OC(C)(C(=O)O)C(OC(=O)C(F)(F)F)c1ccc(OCc2ccccc2)cc1. The highest BCUT2D eigenvalue weighted by Crippen LogP contribution is 2.39. The lowest BCUT2D eigenvalue weighted by Gasteiger charge is -2.34. The molecule has 0 aromatic heterocycles. The number of carboxylic acid groups (broad SMARTS) is 1. The second kappa shape index (κ2) is 11.0. The number of halogens is 3. The molecule has 0 aliphatic heterocycles. The number of hydrogen-bond acceptors (Lipinski definition) is 6. The van der Waals surface area contributed by atoms with Crippen molar-refractivity contribution in [2.45, 2.75) is 31.4 Å². The van der Waals surface area contributed by atoms with Crippen LogP contribution in [-0.2, 0) is 20.9 Å². The minimum atomic E-state index is -5.36. The highest BCUT2D eigenvalue weighted by atomic mass is 19.4. The molecule has 2 atom stereocenters. The molecule has 0 bridgehead atoms. The van der Waals surface area contributed by atoms with Crippen molar-refractivity contribution >= 4 is 11.9 Å². The van der Waals surface area contributed by atoms with Gasteiger partial charge >= 0.3 is 18.1 Å². The van der Waals surface area contributed by atoms with Crippen LogP contribution in [0.1, 0.15) is 24.2 Å². The fraction of sp³-hybridized carbons (Fsp3) is 0.231. The smallest absolute Gasteiger partial charge is 0.490 e. The Balaban J connectivity index is 1.95. The predicted octanol–water partition coefficient (Wildman–Crippen LogP) is 5.34. The summed E-state index contributed by atoms with van der Waals surface area (Å²) in [6, 6.07) is 20.7. The maximum Gasteiger partial charge on any atom is 0.490 e. The van der Waals surface area contributed by atoms with Crippen molar-refractivity contribution in [2.24, 2.45) is 0 Å². The number of benzene rings is 3. The molecule has 0 saturated heterocycles. The predicted molar refractivity (Wildman–Crippen MR) is 122 cm³/mol. The van der Waals surface area contributed by atoms with Gasteiger partial charge in [-0.05, 0) is 42.3 Å². The molecule has 0 radical (unpaired) electrons. The molecule has 0 aliphatic carbocycles. The number of rotatable bonds is 10. The molecule has 0 heterocycles. The number of para-hydroxylation sites is 2. The van der Waals surface area contributed by atoms with Gasteiger partial charge in [0.15, 0.2) is 17.6 Å². The second-order valence-electron chi connectivity index (χ2n) is 7.79. The van der Waals surface area contributed by atoms with Gasteiger partial charge < -0.3 is 24.1 Å². The Hall–Kier alpha value is -4.21. The van der Waals surface area contributed by atoms with Crippen LogP contribution in [-0.4, -0.2) is 35.9 Å². The van der Waals surface area contributed by atoms with E-state index in [0.29, 0.717) is 5.75 Å². The summed E-state index contributed by atoms with van der Waals surface area (Å²) in [5.74, 6) is -3.80. The zero-order chi connectivity index (χ0) is 26.3. The van der Waals surface area contributed by atoms with E-state index in [1.165, 1.54) is 49.6 Å². The summed E-state index contributed by atoms with van der Waals surface area (Å²) in [5, 5.41) is 10.0. The van der Waals surface area contributed by atoms with E-state index in [-0.39, 0.29) is 23.7 Å². The first-order valence-corrected chi connectivity index (χ1v) is 10.6. The molecule has 36 heavy (non-hydrogen) atoms. The maximum atomic E-state index is 13.1. The topological polar surface area (TPSA) is 91.3 Å². The zero-order valence-corrected chi connectivity index (χ0v) is 19.3. The third-order valence-corrected chi connectivity index (χ3v) is 5.20. The number of carbonyl (C=O) groups excluding carboxylic acids is 1. The molecule has 0 fully saturated rings. The Kier molecular flexibility index (Phi) is 8.08. The molecule has 190 valence electrons. The van der Waals surface area contributed by atoms with E-state index in [4.69, 9.17) is 18.9 Å².